The first-order chi connectivity index (χ1) is 8.05. The van der Waals surface area contributed by atoms with Crippen molar-refractivity contribution in [3.05, 3.63) is 0 Å². The molecule has 0 aliphatic carbocycles. The number of ether oxygens (including phenoxy) is 1. The summed E-state index contributed by atoms with van der Waals surface area (Å²) in [4.78, 5) is 12.0. The number of rotatable bonds is 9. The summed E-state index contributed by atoms with van der Waals surface area (Å²) in [6.45, 7) is 6.75. The molecule has 17 heavy (non-hydrogen) atoms. The molecular formula is C13H27NO3. The third-order valence-electron chi connectivity index (χ3n) is 3.43. The molecular weight excluding hydrogens is 218 g/mol. The maximum Gasteiger partial charge on any atom is 0.313 e. The molecule has 0 aromatic rings. The fraction of sp³-hybridized carbons (Fsp3) is 0.923. The van der Waals surface area contributed by atoms with Crippen LogP contribution in [0, 0.1) is 11.3 Å². The lowest BCUT2D eigenvalue weighted by Gasteiger charge is -2.34. The van der Waals surface area contributed by atoms with Gasteiger partial charge >= 0.3 is 5.97 Å². The average Bonchev–Trinajstić information content (AvgIpc) is 2.29. The maximum absolute atomic E-state index is 12.0. The second kappa shape index (κ2) is 8.48. The number of nitrogens with two attached hydrogens (primary N) is 1. The topological polar surface area (TPSA) is 72.5 Å². The van der Waals surface area contributed by atoms with E-state index < -0.39 is 5.41 Å². The predicted octanol–water partition coefficient (Wildman–Crippen LogP) is 1.70. The average molecular weight is 245 g/mol. The fourth-order valence-corrected chi connectivity index (χ4v) is 2.05. The number of carbonyl (C=O) groups excluding carboxylic acids is 1. The van der Waals surface area contributed by atoms with Crippen LogP contribution in [0.1, 0.15) is 46.5 Å². The van der Waals surface area contributed by atoms with Gasteiger partial charge in [0.2, 0.25) is 0 Å². The van der Waals surface area contributed by atoms with E-state index in [1.54, 1.807) is 0 Å². The molecule has 0 spiro atoms. The highest BCUT2D eigenvalue weighted by Gasteiger charge is 2.41. The van der Waals surface area contributed by atoms with Gasteiger partial charge in [-0.15, -0.1) is 0 Å². The van der Waals surface area contributed by atoms with Crippen LogP contribution in [0.25, 0.3) is 0 Å². The molecule has 0 fully saturated rings. The van der Waals surface area contributed by atoms with E-state index in [0.29, 0.717) is 13.2 Å². The Labute approximate surface area is 105 Å². The van der Waals surface area contributed by atoms with E-state index >= 15 is 0 Å². The van der Waals surface area contributed by atoms with Crippen molar-refractivity contribution >= 4 is 5.97 Å². The van der Waals surface area contributed by atoms with Crippen LogP contribution in [-0.2, 0) is 9.53 Å². The van der Waals surface area contributed by atoms with Gasteiger partial charge in [-0.3, -0.25) is 4.79 Å². The highest BCUT2D eigenvalue weighted by atomic mass is 16.5. The van der Waals surface area contributed by atoms with Crippen molar-refractivity contribution in [1.29, 1.82) is 0 Å². The zero-order valence-corrected chi connectivity index (χ0v) is 11.4. The Morgan fingerprint density at radius 3 is 2.41 bits per heavy atom. The van der Waals surface area contributed by atoms with Crippen LogP contribution in [0.15, 0.2) is 0 Å². The summed E-state index contributed by atoms with van der Waals surface area (Å²) in [5, 5.41) is 8.74. The highest BCUT2D eigenvalue weighted by molar-refractivity contribution is 5.77. The Morgan fingerprint density at radius 2 is 2.00 bits per heavy atom. The fourth-order valence-electron chi connectivity index (χ4n) is 2.05. The van der Waals surface area contributed by atoms with Gasteiger partial charge in [0.05, 0.1) is 12.0 Å². The van der Waals surface area contributed by atoms with Gasteiger partial charge in [-0.05, 0) is 25.7 Å². The summed E-state index contributed by atoms with van der Waals surface area (Å²) >= 11 is 0. The van der Waals surface area contributed by atoms with Gasteiger partial charge in [-0.2, -0.15) is 0 Å². The van der Waals surface area contributed by atoms with Gasteiger partial charge < -0.3 is 15.6 Å². The van der Waals surface area contributed by atoms with Crippen LogP contribution < -0.4 is 5.73 Å². The Morgan fingerprint density at radius 1 is 1.35 bits per heavy atom. The molecule has 0 aromatic carbocycles. The van der Waals surface area contributed by atoms with E-state index in [1.165, 1.54) is 0 Å². The predicted molar refractivity (Wildman–Crippen MR) is 68.5 cm³/mol. The number of hydrogen-bond acceptors (Lipinski definition) is 4. The molecule has 0 rings (SSSR count). The molecule has 0 amide bonds. The summed E-state index contributed by atoms with van der Waals surface area (Å²) in [5.41, 5.74) is 5.24. The third-order valence-corrected chi connectivity index (χ3v) is 3.43. The van der Waals surface area contributed by atoms with E-state index in [0.717, 1.165) is 25.7 Å². The molecule has 0 aliphatic rings. The number of carbonyl (C=O) groups is 1. The van der Waals surface area contributed by atoms with Crippen LogP contribution >= 0.6 is 0 Å². The summed E-state index contributed by atoms with van der Waals surface area (Å²) in [6, 6.07) is 0. The van der Waals surface area contributed by atoms with Gasteiger partial charge in [0, 0.05) is 13.2 Å². The smallest absolute Gasteiger partial charge is 0.313 e. The Kier molecular flexibility index (Phi) is 8.17. The zero-order valence-electron chi connectivity index (χ0n) is 11.4. The SMILES string of the molecule is CCOC(=O)C(CN)(CCCCCO)C(C)C. The first-order valence-electron chi connectivity index (χ1n) is 6.53. The lowest BCUT2D eigenvalue weighted by molar-refractivity contribution is -0.158. The molecule has 1 unspecified atom stereocenters. The zero-order chi connectivity index (χ0) is 13.3. The van der Waals surface area contributed by atoms with Gasteiger partial charge in [-0.25, -0.2) is 0 Å². The van der Waals surface area contributed by atoms with Crippen molar-refractivity contribution in [2.45, 2.75) is 46.5 Å². The van der Waals surface area contributed by atoms with E-state index in [1.807, 2.05) is 20.8 Å². The van der Waals surface area contributed by atoms with Crippen molar-refractivity contribution in [3.63, 3.8) is 0 Å². The quantitative estimate of drug-likeness (QED) is 0.479. The van der Waals surface area contributed by atoms with E-state index in [4.69, 9.17) is 15.6 Å². The van der Waals surface area contributed by atoms with Crippen molar-refractivity contribution < 1.29 is 14.6 Å². The molecule has 1 atom stereocenters. The molecule has 3 N–H and O–H groups in total. The molecule has 4 nitrogen and oxygen atoms in total. The molecule has 0 heterocycles. The molecule has 0 saturated heterocycles. The normalized spacial score (nSPS) is 14.7. The number of aliphatic hydroxyl groups is 1. The Bertz CT molecular complexity index is 219. The van der Waals surface area contributed by atoms with Crippen LogP contribution in [-0.4, -0.2) is 30.8 Å². The second-order valence-corrected chi connectivity index (χ2v) is 4.77. The lowest BCUT2D eigenvalue weighted by atomic mass is 9.73. The number of unbranched alkanes of at least 4 members (excludes halogenated alkanes) is 2. The minimum absolute atomic E-state index is 0.167. The van der Waals surface area contributed by atoms with Crippen LogP contribution in [0.2, 0.25) is 0 Å². The maximum atomic E-state index is 12.0. The molecule has 0 saturated carbocycles. The number of aliphatic hydroxyl groups excluding tert-OH is 1. The van der Waals surface area contributed by atoms with E-state index in [2.05, 4.69) is 0 Å². The summed E-state index contributed by atoms with van der Waals surface area (Å²) in [7, 11) is 0. The first kappa shape index (κ1) is 16.4. The largest absolute Gasteiger partial charge is 0.466 e. The standard InChI is InChI=1S/C13H27NO3/c1-4-17-12(16)13(10-14,11(2)3)8-6-5-7-9-15/h11,15H,4-10,14H2,1-3H3. The van der Waals surface area contributed by atoms with Gasteiger partial charge in [0.15, 0.2) is 0 Å². The Balaban J connectivity index is 4.53. The molecule has 0 aliphatic heterocycles. The van der Waals surface area contributed by atoms with Crippen molar-refractivity contribution in [2.75, 3.05) is 19.8 Å². The van der Waals surface area contributed by atoms with E-state index in [9.17, 15) is 4.79 Å². The highest BCUT2D eigenvalue weighted by Crippen LogP contribution is 2.34. The number of hydrogen-bond donors (Lipinski definition) is 2. The van der Waals surface area contributed by atoms with Crippen LogP contribution in [0.3, 0.4) is 0 Å². The van der Waals surface area contributed by atoms with Gasteiger partial charge in [0.25, 0.3) is 0 Å². The van der Waals surface area contributed by atoms with Crippen LogP contribution in [0.5, 0.6) is 0 Å². The summed E-state index contributed by atoms with van der Waals surface area (Å²) in [5.74, 6) is -0.0119. The molecule has 0 radical (unpaired) electrons. The minimum atomic E-state index is -0.564. The molecule has 102 valence electrons. The van der Waals surface area contributed by atoms with E-state index in [-0.39, 0.29) is 18.5 Å². The molecule has 0 aromatic heterocycles. The van der Waals surface area contributed by atoms with Gasteiger partial charge in [-0.1, -0.05) is 26.7 Å². The van der Waals surface area contributed by atoms with Crippen molar-refractivity contribution in [2.24, 2.45) is 17.1 Å². The summed E-state index contributed by atoms with van der Waals surface area (Å²) < 4.78 is 5.15. The minimum Gasteiger partial charge on any atom is -0.466 e. The monoisotopic (exact) mass is 245 g/mol. The molecule has 0 bridgehead atoms. The molecule has 4 heteroatoms. The number of esters is 1. The third kappa shape index (κ3) is 4.64. The van der Waals surface area contributed by atoms with Gasteiger partial charge in [0.1, 0.15) is 0 Å². The first-order valence-corrected chi connectivity index (χ1v) is 6.53. The Hall–Kier alpha value is -0.610. The lowest BCUT2D eigenvalue weighted by Crippen LogP contribution is -2.44. The summed E-state index contributed by atoms with van der Waals surface area (Å²) in [6.07, 6.45) is 3.33. The second-order valence-electron chi connectivity index (χ2n) is 4.77. The van der Waals surface area contributed by atoms with Crippen molar-refractivity contribution in [3.8, 4) is 0 Å². The van der Waals surface area contributed by atoms with Crippen molar-refractivity contribution in [1.82, 2.24) is 0 Å². The van der Waals surface area contributed by atoms with Crippen LogP contribution in [0.4, 0.5) is 0 Å².